The number of nitrogens with one attached hydrogen (secondary N) is 1. The average molecular weight is 262 g/mol. The second-order valence-electron chi connectivity index (χ2n) is 5.19. The number of pyridine rings is 1. The lowest BCUT2D eigenvalue weighted by atomic mass is 10.2. The maximum Gasteiger partial charge on any atom is 0.412 e. The van der Waals surface area contributed by atoms with Crippen molar-refractivity contribution in [1.29, 1.82) is 0 Å². The van der Waals surface area contributed by atoms with E-state index in [0.29, 0.717) is 11.2 Å². The third-order valence-electron chi connectivity index (χ3n) is 2.29. The van der Waals surface area contributed by atoms with E-state index in [0.717, 1.165) is 5.39 Å². The zero-order valence-corrected chi connectivity index (χ0v) is 11.0. The molecule has 0 bridgehead atoms. The number of aromatic nitrogens is 1. The molecule has 0 atom stereocenters. The summed E-state index contributed by atoms with van der Waals surface area (Å²) in [4.78, 5) is 15.7. The predicted molar refractivity (Wildman–Crippen MR) is 71.6 cm³/mol. The van der Waals surface area contributed by atoms with Crippen LogP contribution in [-0.2, 0) is 4.74 Å². The quantitative estimate of drug-likeness (QED) is 0.852. The van der Waals surface area contributed by atoms with Crippen molar-refractivity contribution in [2.45, 2.75) is 26.4 Å². The molecule has 0 saturated heterocycles. The summed E-state index contributed by atoms with van der Waals surface area (Å²) in [6.45, 7) is 5.36. The van der Waals surface area contributed by atoms with E-state index in [4.69, 9.17) is 4.74 Å². The molecular weight excluding hydrogens is 247 g/mol. The second-order valence-corrected chi connectivity index (χ2v) is 5.19. The molecule has 0 aliphatic heterocycles. The van der Waals surface area contributed by atoms with E-state index in [2.05, 4.69) is 10.3 Å². The standard InChI is InChI=1S/C14H15FN2O2/c1-14(2,3)19-13(18)17-11-6-9-4-5-10(15)7-12(9)16-8-11/h4-8H,1-3H3,(H,17,18). The molecule has 1 amide bonds. The first-order valence-corrected chi connectivity index (χ1v) is 5.89. The number of benzene rings is 1. The van der Waals surface area contributed by atoms with Crippen LogP contribution in [0.5, 0.6) is 0 Å². The number of halogens is 1. The van der Waals surface area contributed by atoms with Gasteiger partial charge >= 0.3 is 6.09 Å². The largest absolute Gasteiger partial charge is 0.444 e. The summed E-state index contributed by atoms with van der Waals surface area (Å²) >= 11 is 0. The molecular formula is C14H15FN2O2. The molecule has 100 valence electrons. The first kappa shape index (κ1) is 13.3. The van der Waals surface area contributed by atoms with Gasteiger partial charge in [-0.15, -0.1) is 0 Å². The fourth-order valence-electron chi connectivity index (χ4n) is 1.58. The number of hydrogen-bond acceptors (Lipinski definition) is 3. The van der Waals surface area contributed by atoms with Gasteiger partial charge in [-0.25, -0.2) is 9.18 Å². The van der Waals surface area contributed by atoms with E-state index in [1.807, 2.05) is 0 Å². The average Bonchev–Trinajstić information content (AvgIpc) is 2.26. The number of rotatable bonds is 1. The molecule has 0 saturated carbocycles. The molecule has 2 rings (SSSR count). The minimum atomic E-state index is -0.558. The molecule has 1 aromatic carbocycles. The van der Waals surface area contributed by atoms with Crippen LogP contribution in [0.15, 0.2) is 30.5 Å². The van der Waals surface area contributed by atoms with Gasteiger partial charge < -0.3 is 4.74 Å². The summed E-state index contributed by atoms with van der Waals surface area (Å²) in [5.41, 5.74) is 0.486. The smallest absolute Gasteiger partial charge is 0.412 e. The maximum absolute atomic E-state index is 13.0. The molecule has 0 radical (unpaired) electrons. The molecule has 5 heteroatoms. The number of fused-ring (bicyclic) bond motifs is 1. The molecule has 1 aromatic heterocycles. The number of hydrogen-bond donors (Lipinski definition) is 1. The van der Waals surface area contributed by atoms with E-state index < -0.39 is 11.7 Å². The van der Waals surface area contributed by atoms with Crippen molar-refractivity contribution in [2.75, 3.05) is 5.32 Å². The first-order chi connectivity index (χ1) is 8.83. The van der Waals surface area contributed by atoms with Crippen molar-refractivity contribution in [3.63, 3.8) is 0 Å². The predicted octanol–water partition coefficient (Wildman–Crippen LogP) is 3.72. The Morgan fingerprint density at radius 3 is 2.74 bits per heavy atom. The number of carbonyl (C=O) groups excluding carboxylic acids is 1. The van der Waals surface area contributed by atoms with Gasteiger partial charge in [-0.2, -0.15) is 0 Å². The highest BCUT2D eigenvalue weighted by molar-refractivity contribution is 5.89. The van der Waals surface area contributed by atoms with E-state index in [-0.39, 0.29) is 5.82 Å². The van der Waals surface area contributed by atoms with Crippen LogP contribution >= 0.6 is 0 Å². The molecule has 0 fully saturated rings. The van der Waals surface area contributed by atoms with Crippen LogP contribution < -0.4 is 5.32 Å². The number of nitrogens with zero attached hydrogens (tertiary/aromatic N) is 1. The molecule has 2 aromatic rings. The zero-order chi connectivity index (χ0) is 14.0. The van der Waals surface area contributed by atoms with Crippen molar-refractivity contribution >= 4 is 22.7 Å². The van der Waals surface area contributed by atoms with E-state index >= 15 is 0 Å². The Balaban J connectivity index is 2.18. The maximum atomic E-state index is 13.0. The van der Waals surface area contributed by atoms with E-state index in [1.54, 1.807) is 32.9 Å². The van der Waals surface area contributed by atoms with Gasteiger partial charge in [0.05, 0.1) is 17.4 Å². The van der Waals surface area contributed by atoms with Gasteiger partial charge in [0.15, 0.2) is 0 Å². The van der Waals surface area contributed by atoms with Crippen LogP contribution in [0.2, 0.25) is 0 Å². The molecule has 0 spiro atoms. The Hall–Kier alpha value is -2.17. The summed E-state index contributed by atoms with van der Waals surface area (Å²) < 4.78 is 18.1. The number of anilines is 1. The lowest BCUT2D eigenvalue weighted by Crippen LogP contribution is -2.27. The van der Waals surface area contributed by atoms with E-state index in [1.165, 1.54) is 18.3 Å². The highest BCUT2D eigenvalue weighted by Gasteiger charge is 2.16. The van der Waals surface area contributed by atoms with Crippen molar-refractivity contribution in [3.05, 3.63) is 36.3 Å². The normalized spacial score (nSPS) is 11.4. The molecule has 1 heterocycles. The lowest BCUT2D eigenvalue weighted by molar-refractivity contribution is 0.0636. The van der Waals surface area contributed by atoms with Crippen LogP contribution in [0.25, 0.3) is 10.9 Å². The molecule has 1 N–H and O–H groups in total. The Kier molecular flexibility index (Phi) is 3.38. The fraction of sp³-hybridized carbons (Fsp3) is 0.286. The zero-order valence-electron chi connectivity index (χ0n) is 11.0. The van der Waals surface area contributed by atoms with Crippen molar-refractivity contribution in [3.8, 4) is 0 Å². The topological polar surface area (TPSA) is 51.2 Å². The fourth-order valence-corrected chi connectivity index (χ4v) is 1.58. The highest BCUT2D eigenvalue weighted by atomic mass is 19.1. The monoisotopic (exact) mass is 262 g/mol. The molecule has 4 nitrogen and oxygen atoms in total. The minimum absolute atomic E-state index is 0.340. The number of carbonyl (C=O) groups is 1. The van der Waals surface area contributed by atoms with Crippen molar-refractivity contribution in [1.82, 2.24) is 4.98 Å². The van der Waals surface area contributed by atoms with Gasteiger partial charge in [0, 0.05) is 11.5 Å². The molecule has 0 unspecified atom stereocenters. The van der Waals surface area contributed by atoms with Gasteiger partial charge in [0.25, 0.3) is 0 Å². The van der Waals surface area contributed by atoms with Crippen LogP contribution in [-0.4, -0.2) is 16.7 Å². The summed E-state index contributed by atoms with van der Waals surface area (Å²) in [5, 5.41) is 3.33. The Morgan fingerprint density at radius 1 is 1.32 bits per heavy atom. The Bertz CT molecular complexity index is 620. The second kappa shape index (κ2) is 4.84. The van der Waals surface area contributed by atoms with Gasteiger partial charge in [-0.1, -0.05) is 0 Å². The first-order valence-electron chi connectivity index (χ1n) is 5.89. The molecule has 0 aliphatic carbocycles. The van der Waals surface area contributed by atoms with Gasteiger partial charge in [-0.05, 0) is 39.0 Å². The third-order valence-corrected chi connectivity index (χ3v) is 2.29. The van der Waals surface area contributed by atoms with Gasteiger partial charge in [-0.3, -0.25) is 10.3 Å². The van der Waals surface area contributed by atoms with Crippen LogP contribution in [0.4, 0.5) is 14.9 Å². The number of amides is 1. The Labute approximate surface area is 110 Å². The third kappa shape index (κ3) is 3.64. The van der Waals surface area contributed by atoms with Crippen LogP contribution in [0.3, 0.4) is 0 Å². The van der Waals surface area contributed by atoms with Gasteiger partial charge in [0.2, 0.25) is 0 Å². The van der Waals surface area contributed by atoms with Crippen molar-refractivity contribution in [2.24, 2.45) is 0 Å². The number of ether oxygens (including phenoxy) is 1. The molecule has 0 aliphatic rings. The van der Waals surface area contributed by atoms with Crippen LogP contribution in [0.1, 0.15) is 20.8 Å². The minimum Gasteiger partial charge on any atom is -0.444 e. The van der Waals surface area contributed by atoms with Gasteiger partial charge in [0.1, 0.15) is 11.4 Å². The summed E-state index contributed by atoms with van der Waals surface area (Å²) in [6.07, 6.45) is 0.918. The molecule has 19 heavy (non-hydrogen) atoms. The van der Waals surface area contributed by atoms with E-state index in [9.17, 15) is 9.18 Å². The van der Waals surface area contributed by atoms with Crippen molar-refractivity contribution < 1.29 is 13.9 Å². The summed E-state index contributed by atoms with van der Waals surface area (Å²) in [7, 11) is 0. The van der Waals surface area contributed by atoms with Crippen LogP contribution in [0, 0.1) is 5.82 Å². The Morgan fingerprint density at radius 2 is 2.05 bits per heavy atom. The lowest BCUT2D eigenvalue weighted by Gasteiger charge is -2.19. The summed E-state index contributed by atoms with van der Waals surface area (Å²) in [5.74, 6) is -0.340. The SMILES string of the molecule is CC(C)(C)OC(=O)Nc1cnc2cc(F)ccc2c1. The highest BCUT2D eigenvalue weighted by Crippen LogP contribution is 2.18. The summed E-state index contributed by atoms with van der Waals surface area (Å²) in [6, 6.07) is 6.01.